The zero-order chi connectivity index (χ0) is 16.9. The zero-order valence-electron chi connectivity index (χ0n) is 12.9. The second-order valence-corrected chi connectivity index (χ2v) is 5.11. The minimum atomic E-state index is -0.664. The first-order chi connectivity index (χ1) is 11.6. The molecule has 0 unspecified atom stereocenters. The van der Waals surface area contributed by atoms with Crippen molar-refractivity contribution in [3.8, 4) is 11.1 Å². The number of hydrazone groups is 1. The Bertz CT molecular complexity index is 972. The Morgan fingerprint density at radius 2 is 1.67 bits per heavy atom. The van der Waals surface area contributed by atoms with Crippen LogP contribution < -0.4 is 16.7 Å². The molecule has 0 atom stereocenters. The maximum atomic E-state index is 11.5. The van der Waals surface area contributed by atoms with E-state index in [2.05, 4.69) is 25.7 Å². The molecule has 2 aromatic carbocycles. The first kappa shape index (κ1) is 15.4. The minimum Gasteiger partial charge on any atom is -0.270 e. The number of aromatic amines is 2. The van der Waals surface area contributed by atoms with E-state index in [0.717, 1.165) is 16.7 Å². The normalized spacial score (nSPS) is 11.3. The molecular weight excluding hydrogens is 306 g/mol. The number of hydrogen-bond acceptors (Lipinski definition) is 5. The van der Waals surface area contributed by atoms with E-state index in [1.807, 2.05) is 61.5 Å². The largest absolute Gasteiger partial charge is 0.342 e. The molecule has 0 fully saturated rings. The van der Waals surface area contributed by atoms with Gasteiger partial charge in [-0.05, 0) is 23.6 Å². The summed E-state index contributed by atoms with van der Waals surface area (Å²) in [6.45, 7) is 1.81. The Morgan fingerprint density at radius 1 is 1.00 bits per heavy atom. The molecule has 0 radical (unpaired) electrons. The molecule has 3 rings (SSSR count). The van der Waals surface area contributed by atoms with Gasteiger partial charge in [0.1, 0.15) is 0 Å². The number of benzene rings is 2. The van der Waals surface area contributed by atoms with Gasteiger partial charge in [-0.2, -0.15) is 5.10 Å². The number of anilines is 1. The average molecular weight is 321 g/mol. The number of rotatable bonds is 4. The molecule has 0 aliphatic heterocycles. The lowest BCUT2D eigenvalue weighted by Crippen LogP contribution is -2.26. The van der Waals surface area contributed by atoms with E-state index in [-0.39, 0.29) is 5.82 Å². The van der Waals surface area contributed by atoms with Gasteiger partial charge >= 0.3 is 5.69 Å². The van der Waals surface area contributed by atoms with Crippen molar-refractivity contribution in [1.29, 1.82) is 0 Å². The van der Waals surface area contributed by atoms with Crippen molar-refractivity contribution in [2.24, 2.45) is 5.10 Å². The number of nitrogens with one attached hydrogen (secondary N) is 3. The smallest absolute Gasteiger partial charge is 0.270 e. The molecule has 24 heavy (non-hydrogen) atoms. The van der Waals surface area contributed by atoms with Gasteiger partial charge in [0.25, 0.3) is 5.56 Å². The summed E-state index contributed by atoms with van der Waals surface area (Å²) in [4.78, 5) is 24.5. The highest BCUT2D eigenvalue weighted by Crippen LogP contribution is 2.19. The highest BCUT2D eigenvalue weighted by atomic mass is 16.2. The average Bonchev–Trinajstić information content (AvgIpc) is 2.62. The van der Waals surface area contributed by atoms with Crippen molar-refractivity contribution in [3.63, 3.8) is 0 Å². The van der Waals surface area contributed by atoms with Crippen LogP contribution >= 0.6 is 0 Å². The third-order valence-electron chi connectivity index (χ3n) is 3.45. The van der Waals surface area contributed by atoms with Gasteiger partial charge < -0.3 is 0 Å². The molecular formula is C17H15N5O2. The minimum absolute atomic E-state index is 0.0742. The number of H-pyrrole nitrogens is 2. The van der Waals surface area contributed by atoms with E-state index < -0.39 is 11.2 Å². The fourth-order valence-electron chi connectivity index (χ4n) is 2.16. The van der Waals surface area contributed by atoms with E-state index in [4.69, 9.17) is 0 Å². The standard InChI is InChI=1S/C17H15N5O2/c1-11(19-20-15-16(23)18-17(24)22-21-15)12-7-9-14(10-8-12)13-5-3-2-4-6-13/h2-10H,1H3,(H,20,21)(H2,18,22,23,24)/b19-11-. The van der Waals surface area contributed by atoms with Crippen LogP contribution in [-0.4, -0.2) is 20.9 Å². The van der Waals surface area contributed by atoms with Gasteiger partial charge in [-0.3, -0.25) is 15.2 Å². The van der Waals surface area contributed by atoms with Crippen LogP contribution in [-0.2, 0) is 0 Å². The van der Waals surface area contributed by atoms with Crippen molar-refractivity contribution < 1.29 is 0 Å². The van der Waals surface area contributed by atoms with Crippen LogP contribution in [0.5, 0.6) is 0 Å². The number of hydrogen-bond donors (Lipinski definition) is 3. The number of nitrogens with zero attached hydrogens (tertiary/aromatic N) is 2. The quantitative estimate of drug-likeness (QED) is 0.505. The van der Waals surface area contributed by atoms with Crippen molar-refractivity contribution in [1.82, 2.24) is 15.2 Å². The molecule has 0 saturated heterocycles. The first-order valence-corrected chi connectivity index (χ1v) is 7.28. The van der Waals surface area contributed by atoms with Crippen LogP contribution in [0.25, 0.3) is 11.1 Å². The van der Waals surface area contributed by atoms with Gasteiger partial charge in [0.05, 0.1) is 5.71 Å². The molecule has 0 aliphatic rings. The van der Waals surface area contributed by atoms with Crippen LogP contribution in [0.2, 0.25) is 0 Å². The monoisotopic (exact) mass is 321 g/mol. The summed E-state index contributed by atoms with van der Waals surface area (Å²) >= 11 is 0. The summed E-state index contributed by atoms with van der Waals surface area (Å²) in [6.07, 6.45) is 0. The highest BCUT2D eigenvalue weighted by molar-refractivity contribution is 5.99. The van der Waals surface area contributed by atoms with Crippen molar-refractivity contribution in [2.75, 3.05) is 5.43 Å². The Kier molecular flexibility index (Phi) is 4.33. The molecule has 0 bridgehead atoms. The molecule has 3 aromatic rings. The SMILES string of the molecule is C/C(=N/Nc1n[nH]c(=O)[nH]c1=O)c1ccc(-c2ccccc2)cc1. The van der Waals surface area contributed by atoms with Crippen molar-refractivity contribution >= 4 is 11.5 Å². The Labute approximate surface area is 137 Å². The first-order valence-electron chi connectivity index (χ1n) is 7.28. The number of aromatic nitrogens is 3. The lowest BCUT2D eigenvalue weighted by molar-refractivity contribution is 0.889. The molecule has 1 aromatic heterocycles. The lowest BCUT2D eigenvalue weighted by Gasteiger charge is -2.05. The van der Waals surface area contributed by atoms with Gasteiger partial charge in [0.2, 0.25) is 5.82 Å². The zero-order valence-corrected chi connectivity index (χ0v) is 12.9. The molecule has 0 spiro atoms. The van der Waals surface area contributed by atoms with Crippen LogP contribution in [0.1, 0.15) is 12.5 Å². The molecule has 0 aliphatic carbocycles. The fourth-order valence-corrected chi connectivity index (χ4v) is 2.16. The summed E-state index contributed by atoms with van der Waals surface area (Å²) in [7, 11) is 0. The summed E-state index contributed by atoms with van der Waals surface area (Å²) in [5.41, 5.74) is 5.09. The van der Waals surface area contributed by atoms with Crippen LogP contribution in [0, 0.1) is 0 Å². The maximum absolute atomic E-state index is 11.5. The van der Waals surface area contributed by atoms with E-state index >= 15 is 0 Å². The predicted molar refractivity (Wildman–Crippen MR) is 93.2 cm³/mol. The molecule has 0 saturated carbocycles. The van der Waals surface area contributed by atoms with Gasteiger partial charge in [-0.15, -0.1) is 5.10 Å². The fraction of sp³-hybridized carbons (Fsp3) is 0.0588. The Balaban J connectivity index is 1.78. The van der Waals surface area contributed by atoms with E-state index in [0.29, 0.717) is 5.71 Å². The van der Waals surface area contributed by atoms with E-state index in [9.17, 15) is 9.59 Å². The highest BCUT2D eigenvalue weighted by Gasteiger charge is 2.03. The van der Waals surface area contributed by atoms with Gasteiger partial charge in [-0.1, -0.05) is 54.6 Å². The van der Waals surface area contributed by atoms with Crippen LogP contribution in [0.15, 0.2) is 69.3 Å². The van der Waals surface area contributed by atoms with Gasteiger partial charge in [0, 0.05) is 0 Å². The molecule has 0 amide bonds. The molecule has 7 nitrogen and oxygen atoms in total. The Hall–Kier alpha value is -3.48. The lowest BCUT2D eigenvalue weighted by atomic mass is 10.0. The summed E-state index contributed by atoms with van der Waals surface area (Å²) in [5.74, 6) is -0.0742. The Morgan fingerprint density at radius 3 is 2.33 bits per heavy atom. The van der Waals surface area contributed by atoms with Crippen molar-refractivity contribution in [2.45, 2.75) is 6.92 Å². The van der Waals surface area contributed by atoms with Gasteiger partial charge in [0.15, 0.2) is 0 Å². The summed E-state index contributed by atoms with van der Waals surface area (Å²) in [5, 5.41) is 9.85. The topological polar surface area (TPSA) is 103 Å². The van der Waals surface area contributed by atoms with Crippen molar-refractivity contribution in [3.05, 3.63) is 81.0 Å². The maximum Gasteiger partial charge on any atom is 0.342 e. The molecule has 7 heteroatoms. The third kappa shape index (κ3) is 3.46. The predicted octanol–water partition coefficient (Wildman–Crippen LogP) is 1.96. The van der Waals surface area contributed by atoms with E-state index in [1.54, 1.807) is 0 Å². The van der Waals surface area contributed by atoms with Crippen LogP contribution in [0.3, 0.4) is 0 Å². The van der Waals surface area contributed by atoms with Crippen LogP contribution in [0.4, 0.5) is 5.82 Å². The van der Waals surface area contributed by atoms with Gasteiger partial charge in [-0.25, -0.2) is 9.89 Å². The second-order valence-electron chi connectivity index (χ2n) is 5.11. The second kappa shape index (κ2) is 6.74. The third-order valence-corrected chi connectivity index (χ3v) is 3.45. The summed E-state index contributed by atoms with van der Waals surface area (Å²) in [6, 6.07) is 18.0. The van der Waals surface area contributed by atoms with E-state index in [1.165, 1.54) is 0 Å². The summed E-state index contributed by atoms with van der Waals surface area (Å²) < 4.78 is 0. The molecule has 1 heterocycles. The molecule has 3 N–H and O–H groups in total. The molecule has 120 valence electrons.